The van der Waals surface area contributed by atoms with Crippen LogP contribution in [0.3, 0.4) is 0 Å². The Morgan fingerprint density at radius 2 is 2.22 bits per heavy atom. The molecule has 0 saturated heterocycles. The third-order valence-electron chi connectivity index (χ3n) is 2.37. The molecule has 6 nitrogen and oxygen atoms in total. The van der Waals surface area contributed by atoms with Gasteiger partial charge in [0.1, 0.15) is 0 Å². The lowest BCUT2D eigenvalue weighted by molar-refractivity contribution is -0.385. The van der Waals surface area contributed by atoms with E-state index in [1.54, 1.807) is 19.2 Å². The summed E-state index contributed by atoms with van der Waals surface area (Å²) in [5, 5.41) is 16.4. The largest absolute Gasteiger partial charge is 0.359 e. The quantitative estimate of drug-likeness (QED) is 0.474. The van der Waals surface area contributed by atoms with Gasteiger partial charge in [-0.1, -0.05) is 15.9 Å². The standard InChI is InChI=1S/C11H14BrN3O3/c1-13-11(16)4-5-14-7-8-2-3-9(12)6-10(8)15(17)18/h2-3,6,14H,4-5,7H2,1H3,(H,13,16). The molecule has 1 rings (SSSR count). The molecule has 18 heavy (non-hydrogen) atoms. The zero-order chi connectivity index (χ0) is 13.5. The third-order valence-corrected chi connectivity index (χ3v) is 2.86. The molecule has 0 fully saturated rings. The fraction of sp³-hybridized carbons (Fsp3) is 0.364. The molecule has 2 N–H and O–H groups in total. The molecule has 0 radical (unpaired) electrons. The maximum absolute atomic E-state index is 11.0. The van der Waals surface area contributed by atoms with Crippen molar-refractivity contribution in [3.8, 4) is 0 Å². The Hall–Kier alpha value is -1.47. The lowest BCUT2D eigenvalue weighted by Crippen LogP contribution is -2.24. The van der Waals surface area contributed by atoms with Gasteiger partial charge in [-0.2, -0.15) is 0 Å². The van der Waals surface area contributed by atoms with Gasteiger partial charge < -0.3 is 10.6 Å². The Labute approximate surface area is 113 Å². The molecule has 7 heteroatoms. The molecular weight excluding hydrogens is 302 g/mol. The Morgan fingerprint density at radius 3 is 2.83 bits per heavy atom. The van der Waals surface area contributed by atoms with Gasteiger partial charge >= 0.3 is 0 Å². The van der Waals surface area contributed by atoms with E-state index in [4.69, 9.17) is 0 Å². The summed E-state index contributed by atoms with van der Waals surface area (Å²) in [7, 11) is 1.57. The monoisotopic (exact) mass is 315 g/mol. The lowest BCUT2D eigenvalue weighted by atomic mass is 10.2. The first-order chi connectivity index (χ1) is 8.54. The van der Waals surface area contributed by atoms with Crippen LogP contribution in [0.25, 0.3) is 0 Å². The number of benzene rings is 1. The number of halogens is 1. The van der Waals surface area contributed by atoms with Crippen molar-refractivity contribution in [1.29, 1.82) is 0 Å². The minimum atomic E-state index is -0.416. The summed E-state index contributed by atoms with van der Waals surface area (Å²) in [6.07, 6.45) is 0.348. The number of hydrogen-bond acceptors (Lipinski definition) is 4. The van der Waals surface area contributed by atoms with E-state index in [0.717, 1.165) is 0 Å². The summed E-state index contributed by atoms with van der Waals surface area (Å²) >= 11 is 3.20. The molecule has 0 aliphatic carbocycles. The van der Waals surface area contributed by atoms with E-state index < -0.39 is 4.92 Å². The van der Waals surface area contributed by atoms with Crippen molar-refractivity contribution in [2.45, 2.75) is 13.0 Å². The van der Waals surface area contributed by atoms with Crippen molar-refractivity contribution >= 4 is 27.5 Å². The zero-order valence-electron chi connectivity index (χ0n) is 9.90. The van der Waals surface area contributed by atoms with Crippen molar-refractivity contribution in [3.63, 3.8) is 0 Å². The second-order valence-electron chi connectivity index (χ2n) is 3.63. The molecule has 0 bridgehead atoms. The van der Waals surface area contributed by atoms with Crippen LogP contribution >= 0.6 is 15.9 Å². The number of nitrogens with zero attached hydrogens (tertiary/aromatic N) is 1. The summed E-state index contributed by atoms with van der Waals surface area (Å²) in [6.45, 7) is 0.841. The summed E-state index contributed by atoms with van der Waals surface area (Å²) in [5.74, 6) is -0.0622. The second-order valence-corrected chi connectivity index (χ2v) is 4.55. The molecule has 0 unspecified atom stereocenters. The molecule has 0 atom stereocenters. The molecule has 0 saturated carbocycles. The number of nitro groups is 1. The second kappa shape index (κ2) is 7.07. The summed E-state index contributed by atoms with van der Waals surface area (Å²) in [4.78, 5) is 21.4. The van der Waals surface area contributed by atoms with Crippen LogP contribution < -0.4 is 10.6 Å². The molecular formula is C11H14BrN3O3. The molecule has 1 aromatic carbocycles. The van der Waals surface area contributed by atoms with Crippen LogP contribution in [0.2, 0.25) is 0 Å². The number of rotatable bonds is 6. The summed E-state index contributed by atoms with van der Waals surface area (Å²) in [5.41, 5.74) is 0.664. The Bertz CT molecular complexity index is 451. The highest BCUT2D eigenvalue weighted by atomic mass is 79.9. The first kappa shape index (κ1) is 14.6. The van der Waals surface area contributed by atoms with Crippen LogP contribution in [0.1, 0.15) is 12.0 Å². The van der Waals surface area contributed by atoms with E-state index in [1.807, 2.05) is 0 Å². The van der Waals surface area contributed by atoms with Crippen molar-refractivity contribution < 1.29 is 9.72 Å². The van der Waals surface area contributed by atoms with Crippen molar-refractivity contribution in [2.24, 2.45) is 0 Å². The Morgan fingerprint density at radius 1 is 1.50 bits per heavy atom. The van der Waals surface area contributed by atoms with Crippen molar-refractivity contribution in [3.05, 3.63) is 38.3 Å². The van der Waals surface area contributed by atoms with Crippen LogP contribution in [-0.2, 0) is 11.3 Å². The highest BCUT2D eigenvalue weighted by Gasteiger charge is 2.13. The molecule has 1 aromatic rings. The third kappa shape index (κ3) is 4.42. The molecule has 0 spiro atoms. The van der Waals surface area contributed by atoms with Crippen LogP contribution in [0, 0.1) is 10.1 Å². The van der Waals surface area contributed by atoms with Crippen LogP contribution in [-0.4, -0.2) is 24.4 Å². The van der Waals surface area contributed by atoms with E-state index in [0.29, 0.717) is 29.5 Å². The predicted octanol–water partition coefficient (Wildman–Crippen LogP) is 1.58. The van der Waals surface area contributed by atoms with Gasteiger partial charge in [-0.05, 0) is 12.1 Å². The van der Waals surface area contributed by atoms with E-state index in [2.05, 4.69) is 26.6 Å². The van der Waals surface area contributed by atoms with Gasteiger partial charge in [0, 0.05) is 42.7 Å². The van der Waals surface area contributed by atoms with Gasteiger partial charge in [0.15, 0.2) is 0 Å². The van der Waals surface area contributed by atoms with Crippen molar-refractivity contribution in [2.75, 3.05) is 13.6 Å². The average molecular weight is 316 g/mol. The first-order valence-electron chi connectivity index (χ1n) is 5.38. The van der Waals surface area contributed by atoms with Gasteiger partial charge in [0.05, 0.1) is 4.92 Å². The van der Waals surface area contributed by atoms with E-state index in [9.17, 15) is 14.9 Å². The smallest absolute Gasteiger partial charge is 0.275 e. The average Bonchev–Trinajstić information content (AvgIpc) is 2.35. The van der Waals surface area contributed by atoms with Gasteiger partial charge in [0.2, 0.25) is 5.91 Å². The fourth-order valence-corrected chi connectivity index (χ4v) is 1.76. The van der Waals surface area contributed by atoms with Crippen LogP contribution in [0.15, 0.2) is 22.7 Å². The molecule has 98 valence electrons. The van der Waals surface area contributed by atoms with Crippen molar-refractivity contribution in [1.82, 2.24) is 10.6 Å². The molecule has 1 amide bonds. The number of nitrogens with one attached hydrogen (secondary N) is 2. The topological polar surface area (TPSA) is 84.3 Å². The van der Waals surface area contributed by atoms with Crippen LogP contribution in [0.4, 0.5) is 5.69 Å². The Kier molecular flexibility index (Phi) is 5.73. The number of amides is 1. The minimum absolute atomic E-state index is 0.0622. The lowest BCUT2D eigenvalue weighted by Gasteiger charge is -2.05. The van der Waals surface area contributed by atoms with Gasteiger partial charge in [0.25, 0.3) is 5.69 Å². The normalized spacial score (nSPS) is 10.1. The van der Waals surface area contributed by atoms with Gasteiger partial charge in [-0.25, -0.2) is 0 Å². The maximum atomic E-state index is 11.0. The van der Waals surface area contributed by atoms with Crippen LogP contribution in [0.5, 0.6) is 0 Å². The SMILES string of the molecule is CNC(=O)CCNCc1ccc(Br)cc1[N+](=O)[O-]. The highest BCUT2D eigenvalue weighted by molar-refractivity contribution is 9.10. The summed E-state index contributed by atoms with van der Waals surface area (Å²) in [6, 6.07) is 4.91. The predicted molar refractivity (Wildman–Crippen MR) is 71.2 cm³/mol. The summed E-state index contributed by atoms with van der Waals surface area (Å²) < 4.78 is 0.670. The molecule has 0 aliphatic heterocycles. The highest BCUT2D eigenvalue weighted by Crippen LogP contribution is 2.23. The molecule has 0 aliphatic rings. The maximum Gasteiger partial charge on any atom is 0.275 e. The van der Waals surface area contributed by atoms with Gasteiger partial charge in [-0.3, -0.25) is 14.9 Å². The van der Waals surface area contributed by atoms with E-state index >= 15 is 0 Å². The minimum Gasteiger partial charge on any atom is -0.359 e. The molecule has 0 heterocycles. The van der Waals surface area contributed by atoms with E-state index in [-0.39, 0.29) is 11.6 Å². The number of carbonyl (C=O) groups excluding carboxylic acids is 1. The zero-order valence-corrected chi connectivity index (χ0v) is 11.5. The number of hydrogen-bond donors (Lipinski definition) is 2. The van der Waals surface area contributed by atoms with E-state index in [1.165, 1.54) is 6.07 Å². The van der Waals surface area contributed by atoms with Gasteiger partial charge in [-0.15, -0.1) is 0 Å². The number of nitro benzene ring substituents is 1. The Balaban J connectivity index is 2.56. The molecule has 0 aromatic heterocycles. The fourth-order valence-electron chi connectivity index (χ4n) is 1.41. The number of carbonyl (C=O) groups is 1. The first-order valence-corrected chi connectivity index (χ1v) is 6.18.